The van der Waals surface area contributed by atoms with E-state index in [1.54, 1.807) is 7.11 Å². The molecule has 1 aromatic rings. The molecule has 0 aliphatic rings. The van der Waals surface area contributed by atoms with Crippen LogP contribution in [-0.4, -0.2) is 51.2 Å². The van der Waals surface area contributed by atoms with Crippen LogP contribution in [0.25, 0.3) is 0 Å². The van der Waals surface area contributed by atoms with Crippen molar-refractivity contribution in [2.75, 3.05) is 40.1 Å². The lowest BCUT2D eigenvalue weighted by Crippen LogP contribution is -2.15. The Bertz CT molecular complexity index is 402. The van der Waals surface area contributed by atoms with Crippen molar-refractivity contribution in [3.8, 4) is 0 Å². The third-order valence-corrected chi connectivity index (χ3v) is 3.13. The van der Waals surface area contributed by atoms with Gasteiger partial charge in [-0.1, -0.05) is 29.8 Å². The van der Waals surface area contributed by atoms with Crippen molar-refractivity contribution in [3.63, 3.8) is 0 Å². The molecule has 0 amide bonds. The van der Waals surface area contributed by atoms with Crippen LogP contribution in [0.1, 0.15) is 23.5 Å². The third kappa shape index (κ3) is 7.22. The fourth-order valence-corrected chi connectivity index (χ4v) is 1.90. The highest BCUT2D eigenvalue weighted by Gasteiger charge is 2.19. The fraction of sp³-hybridized carbons (Fsp3) is 0.562. The lowest BCUT2D eigenvalue weighted by atomic mass is 9.95. The smallest absolute Gasteiger partial charge is 0.311 e. The van der Waals surface area contributed by atoms with Gasteiger partial charge in [0, 0.05) is 13.7 Å². The van der Waals surface area contributed by atoms with Crippen molar-refractivity contribution in [1.82, 2.24) is 0 Å². The van der Waals surface area contributed by atoms with Gasteiger partial charge < -0.3 is 19.3 Å². The number of methoxy groups -OCH3 is 1. The van der Waals surface area contributed by atoms with Gasteiger partial charge in [-0.3, -0.25) is 4.79 Å². The zero-order valence-electron chi connectivity index (χ0n) is 12.7. The Morgan fingerprint density at radius 1 is 1.05 bits per heavy atom. The summed E-state index contributed by atoms with van der Waals surface area (Å²) in [7, 11) is 1.62. The minimum atomic E-state index is -0.821. The highest BCUT2D eigenvalue weighted by molar-refractivity contribution is 5.76. The van der Waals surface area contributed by atoms with Gasteiger partial charge in [-0.2, -0.15) is 0 Å². The maximum absolute atomic E-state index is 11.3. The van der Waals surface area contributed by atoms with E-state index in [1.165, 1.54) is 0 Å². The Balaban J connectivity index is 2.26. The number of carboxylic acids is 1. The zero-order valence-corrected chi connectivity index (χ0v) is 12.7. The van der Waals surface area contributed by atoms with Gasteiger partial charge >= 0.3 is 5.97 Å². The predicted molar refractivity (Wildman–Crippen MR) is 79.7 cm³/mol. The van der Waals surface area contributed by atoms with E-state index < -0.39 is 11.9 Å². The van der Waals surface area contributed by atoms with E-state index in [1.807, 2.05) is 31.2 Å². The number of benzene rings is 1. The maximum atomic E-state index is 11.3. The van der Waals surface area contributed by atoms with Crippen LogP contribution in [0.15, 0.2) is 24.3 Å². The van der Waals surface area contributed by atoms with Crippen molar-refractivity contribution >= 4 is 5.97 Å². The van der Waals surface area contributed by atoms with Crippen molar-refractivity contribution in [3.05, 3.63) is 35.4 Å². The molecule has 1 rings (SSSR count). The van der Waals surface area contributed by atoms with Crippen molar-refractivity contribution < 1.29 is 24.1 Å². The van der Waals surface area contributed by atoms with Crippen LogP contribution in [0.2, 0.25) is 0 Å². The quantitative estimate of drug-likeness (QED) is 0.634. The lowest BCUT2D eigenvalue weighted by Gasteiger charge is -2.13. The van der Waals surface area contributed by atoms with E-state index in [4.69, 9.17) is 14.2 Å². The molecule has 0 bridgehead atoms. The van der Waals surface area contributed by atoms with Crippen LogP contribution in [0, 0.1) is 6.92 Å². The molecule has 0 radical (unpaired) electrons. The largest absolute Gasteiger partial charge is 0.481 e. The summed E-state index contributed by atoms with van der Waals surface area (Å²) in [4.78, 5) is 11.3. The van der Waals surface area contributed by atoms with Crippen LogP contribution in [-0.2, 0) is 19.0 Å². The first-order valence-corrected chi connectivity index (χ1v) is 7.09. The molecular weight excluding hydrogens is 272 g/mol. The first kappa shape index (κ1) is 17.6. The van der Waals surface area contributed by atoms with Gasteiger partial charge in [-0.25, -0.2) is 0 Å². The van der Waals surface area contributed by atoms with Crippen molar-refractivity contribution in [2.24, 2.45) is 0 Å². The number of hydrogen-bond donors (Lipinski definition) is 1. The minimum absolute atomic E-state index is 0.401. The van der Waals surface area contributed by atoms with Gasteiger partial charge in [0.25, 0.3) is 0 Å². The number of aliphatic carboxylic acids is 1. The van der Waals surface area contributed by atoms with Crippen LogP contribution >= 0.6 is 0 Å². The normalized spacial score (nSPS) is 12.3. The highest BCUT2D eigenvalue weighted by Crippen LogP contribution is 2.20. The number of rotatable bonds is 11. The number of aryl methyl sites for hydroxylation is 1. The van der Waals surface area contributed by atoms with E-state index in [2.05, 4.69) is 0 Å². The summed E-state index contributed by atoms with van der Waals surface area (Å²) in [5.41, 5.74) is 1.93. The third-order valence-electron chi connectivity index (χ3n) is 3.13. The Kier molecular flexibility index (Phi) is 8.66. The first-order valence-electron chi connectivity index (χ1n) is 7.09. The van der Waals surface area contributed by atoms with Crippen LogP contribution in [0.5, 0.6) is 0 Å². The fourth-order valence-electron chi connectivity index (χ4n) is 1.90. The SMILES string of the molecule is COCCOCCOCCC(C(=O)O)c1ccc(C)cc1. The van der Waals surface area contributed by atoms with E-state index in [9.17, 15) is 9.90 Å². The van der Waals surface area contributed by atoms with Crippen LogP contribution in [0.3, 0.4) is 0 Å². The molecule has 1 aromatic carbocycles. The van der Waals surface area contributed by atoms with Gasteiger partial charge in [-0.15, -0.1) is 0 Å². The van der Waals surface area contributed by atoms with Crippen molar-refractivity contribution in [1.29, 1.82) is 0 Å². The summed E-state index contributed by atoms with van der Waals surface area (Å²) in [5, 5.41) is 9.30. The second kappa shape index (κ2) is 10.3. The van der Waals surface area contributed by atoms with Crippen LogP contribution < -0.4 is 0 Å². The molecule has 5 heteroatoms. The average molecular weight is 296 g/mol. The molecule has 0 saturated heterocycles. The molecule has 118 valence electrons. The summed E-state index contributed by atoms with van der Waals surface area (Å²) in [5.74, 6) is -1.35. The number of ether oxygens (including phenoxy) is 3. The van der Waals surface area contributed by atoms with Gasteiger partial charge in [0.05, 0.1) is 32.3 Å². The monoisotopic (exact) mass is 296 g/mol. The average Bonchev–Trinajstić information content (AvgIpc) is 2.47. The molecule has 0 aromatic heterocycles. The standard InChI is InChI=1S/C16H24O5/c1-13-3-5-14(6-4-13)15(16(17)18)7-8-20-11-12-21-10-9-19-2/h3-6,15H,7-12H2,1-2H3,(H,17,18). The summed E-state index contributed by atoms with van der Waals surface area (Å²) in [6.45, 7) is 4.44. The molecular formula is C16H24O5. The Labute approximate surface area is 125 Å². The topological polar surface area (TPSA) is 65.0 Å². The molecule has 1 unspecified atom stereocenters. The molecule has 0 spiro atoms. The van der Waals surface area contributed by atoms with E-state index in [-0.39, 0.29) is 0 Å². The van der Waals surface area contributed by atoms with Crippen LogP contribution in [0.4, 0.5) is 0 Å². The van der Waals surface area contributed by atoms with E-state index >= 15 is 0 Å². The summed E-state index contributed by atoms with van der Waals surface area (Å²) < 4.78 is 15.5. The maximum Gasteiger partial charge on any atom is 0.311 e. The number of hydrogen-bond acceptors (Lipinski definition) is 4. The number of carbonyl (C=O) groups is 1. The molecule has 0 aliphatic heterocycles. The van der Waals surface area contributed by atoms with E-state index in [0.717, 1.165) is 11.1 Å². The summed E-state index contributed by atoms with van der Waals surface area (Å²) in [6.07, 6.45) is 0.455. The molecule has 1 N–H and O–H groups in total. The molecule has 0 saturated carbocycles. The first-order chi connectivity index (χ1) is 10.1. The Morgan fingerprint density at radius 2 is 1.62 bits per heavy atom. The molecule has 1 atom stereocenters. The lowest BCUT2D eigenvalue weighted by molar-refractivity contribution is -0.139. The van der Waals surface area contributed by atoms with E-state index in [0.29, 0.717) is 39.5 Å². The van der Waals surface area contributed by atoms with Gasteiger partial charge in [-0.05, 0) is 18.9 Å². The van der Waals surface area contributed by atoms with Gasteiger partial charge in [0.15, 0.2) is 0 Å². The molecule has 0 heterocycles. The van der Waals surface area contributed by atoms with Gasteiger partial charge in [0.2, 0.25) is 0 Å². The molecule has 5 nitrogen and oxygen atoms in total. The highest BCUT2D eigenvalue weighted by atomic mass is 16.5. The Hall–Kier alpha value is -1.43. The van der Waals surface area contributed by atoms with Crippen molar-refractivity contribution in [2.45, 2.75) is 19.3 Å². The minimum Gasteiger partial charge on any atom is -0.481 e. The second-order valence-corrected chi connectivity index (χ2v) is 4.81. The Morgan fingerprint density at radius 3 is 2.19 bits per heavy atom. The zero-order chi connectivity index (χ0) is 15.5. The predicted octanol–water partition coefficient (Wildman–Crippen LogP) is 2.23. The molecule has 0 aliphatic carbocycles. The van der Waals surface area contributed by atoms with Gasteiger partial charge in [0.1, 0.15) is 0 Å². The molecule has 21 heavy (non-hydrogen) atoms. The number of carboxylic acid groups (broad SMARTS) is 1. The molecule has 0 fully saturated rings. The second-order valence-electron chi connectivity index (χ2n) is 4.81. The summed E-state index contributed by atoms with van der Waals surface area (Å²) >= 11 is 0. The summed E-state index contributed by atoms with van der Waals surface area (Å²) in [6, 6.07) is 7.58.